The number of amides is 4. The van der Waals surface area contributed by atoms with Crippen LogP contribution in [-0.4, -0.2) is 92.8 Å². The van der Waals surface area contributed by atoms with Crippen molar-refractivity contribution in [3.05, 3.63) is 35.9 Å². The fraction of sp³-hybridized carbons (Fsp3) is 0.677. The number of nitrogens with one attached hydrogen (secondary N) is 3. The number of rotatable bonds is 16. The van der Waals surface area contributed by atoms with Gasteiger partial charge >= 0.3 is 6.03 Å². The van der Waals surface area contributed by atoms with Gasteiger partial charge in [0, 0.05) is 26.2 Å². The van der Waals surface area contributed by atoms with Crippen LogP contribution in [0.5, 0.6) is 0 Å². The summed E-state index contributed by atoms with van der Waals surface area (Å²) in [5, 5.41) is 8.27. The normalized spacial score (nSPS) is 17.4. The average Bonchev–Trinajstić information content (AvgIpc) is 3.00. The zero-order chi connectivity index (χ0) is 30.2. The van der Waals surface area contributed by atoms with E-state index < -0.39 is 29.7 Å². The van der Waals surface area contributed by atoms with Crippen LogP contribution in [0.15, 0.2) is 30.3 Å². The molecule has 0 aromatic heterocycles. The third-order valence-electron chi connectivity index (χ3n) is 7.52. The van der Waals surface area contributed by atoms with Gasteiger partial charge in [0.15, 0.2) is 0 Å². The monoisotopic (exact) mass is 588 g/mol. The van der Waals surface area contributed by atoms with Crippen LogP contribution in [0.3, 0.4) is 0 Å². The van der Waals surface area contributed by atoms with Crippen LogP contribution >= 0.6 is 0 Å². The SMILES string of the molecule is CC(C)OCCCNC(=O)C(=O)[C@H](COCc1ccccc1)NC(=O)[C@H](CC1CCCCC1)NC(=O)N1CCOCC1. The van der Waals surface area contributed by atoms with Crippen molar-refractivity contribution in [3.63, 3.8) is 0 Å². The zero-order valence-corrected chi connectivity index (χ0v) is 25.1. The molecule has 2 fully saturated rings. The maximum Gasteiger partial charge on any atom is 0.318 e. The van der Waals surface area contributed by atoms with Gasteiger partial charge in [0.1, 0.15) is 12.1 Å². The Kier molecular flexibility index (Phi) is 14.8. The van der Waals surface area contributed by atoms with Gasteiger partial charge in [0.2, 0.25) is 11.7 Å². The Labute approximate surface area is 249 Å². The summed E-state index contributed by atoms with van der Waals surface area (Å²) in [6.45, 7) is 6.39. The predicted octanol–water partition coefficient (Wildman–Crippen LogP) is 2.57. The van der Waals surface area contributed by atoms with E-state index in [1.807, 2.05) is 44.2 Å². The number of ether oxygens (including phenoxy) is 3. The lowest BCUT2D eigenvalue weighted by Gasteiger charge is -2.31. The number of carbonyl (C=O) groups is 4. The molecule has 11 heteroatoms. The largest absolute Gasteiger partial charge is 0.379 e. The molecule has 1 aliphatic carbocycles. The lowest BCUT2D eigenvalue weighted by atomic mass is 9.84. The molecule has 4 amide bonds. The first-order valence-corrected chi connectivity index (χ1v) is 15.3. The molecule has 3 N–H and O–H groups in total. The molecule has 1 aromatic carbocycles. The van der Waals surface area contributed by atoms with E-state index in [-0.39, 0.29) is 31.9 Å². The van der Waals surface area contributed by atoms with Crippen molar-refractivity contribution in [2.24, 2.45) is 5.92 Å². The van der Waals surface area contributed by atoms with E-state index in [9.17, 15) is 19.2 Å². The summed E-state index contributed by atoms with van der Waals surface area (Å²) >= 11 is 0. The molecular formula is C31H48N4O7. The van der Waals surface area contributed by atoms with Gasteiger partial charge in [0.25, 0.3) is 5.91 Å². The van der Waals surface area contributed by atoms with E-state index >= 15 is 0 Å². The van der Waals surface area contributed by atoms with Crippen LogP contribution in [0.4, 0.5) is 4.79 Å². The quantitative estimate of drug-likeness (QED) is 0.200. The molecule has 0 spiro atoms. The number of Topliss-reactive ketones (excluding diaryl/α,β-unsaturated/α-hetero) is 1. The van der Waals surface area contributed by atoms with Crippen molar-refractivity contribution in [1.29, 1.82) is 0 Å². The first-order valence-electron chi connectivity index (χ1n) is 15.3. The minimum atomic E-state index is -1.21. The maximum absolute atomic E-state index is 13.6. The molecule has 3 rings (SSSR count). The third kappa shape index (κ3) is 12.1. The number of hydrogen-bond acceptors (Lipinski definition) is 7. The highest BCUT2D eigenvalue weighted by atomic mass is 16.5. The summed E-state index contributed by atoms with van der Waals surface area (Å²) in [5.41, 5.74) is 0.901. The number of morpholine rings is 1. The summed E-state index contributed by atoms with van der Waals surface area (Å²) in [4.78, 5) is 54.3. The molecule has 1 aromatic rings. The van der Waals surface area contributed by atoms with Crippen LogP contribution in [0, 0.1) is 5.92 Å². The second-order valence-corrected chi connectivity index (χ2v) is 11.3. The molecule has 0 unspecified atom stereocenters. The fourth-order valence-electron chi connectivity index (χ4n) is 5.16. The van der Waals surface area contributed by atoms with Gasteiger partial charge in [-0.25, -0.2) is 4.79 Å². The van der Waals surface area contributed by atoms with Gasteiger partial charge in [-0.05, 0) is 38.2 Å². The lowest BCUT2D eigenvalue weighted by molar-refractivity contribution is -0.141. The Hall–Kier alpha value is -3.02. The van der Waals surface area contributed by atoms with E-state index in [1.165, 1.54) is 6.42 Å². The van der Waals surface area contributed by atoms with Crippen molar-refractivity contribution in [2.75, 3.05) is 46.1 Å². The zero-order valence-electron chi connectivity index (χ0n) is 25.1. The first-order chi connectivity index (χ1) is 20.3. The fourth-order valence-corrected chi connectivity index (χ4v) is 5.16. The van der Waals surface area contributed by atoms with E-state index in [0.29, 0.717) is 51.7 Å². The molecule has 234 valence electrons. The van der Waals surface area contributed by atoms with Crippen molar-refractivity contribution in [3.8, 4) is 0 Å². The van der Waals surface area contributed by atoms with E-state index in [4.69, 9.17) is 14.2 Å². The van der Waals surface area contributed by atoms with Crippen molar-refractivity contribution >= 4 is 23.6 Å². The molecule has 2 aliphatic rings. The Morgan fingerprint density at radius 1 is 0.976 bits per heavy atom. The highest BCUT2D eigenvalue weighted by Gasteiger charge is 2.33. The molecule has 42 heavy (non-hydrogen) atoms. The third-order valence-corrected chi connectivity index (χ3v) is 7.52. The Bertz CT molecular complexity index is 979. The van der Waals surface area contributed by atoms with Crippen LogP contribution in [0.25, 0.3) is 0 Å². The summed E-state index contributed by atoms with van der Waals surface area (Å²) in [5.74, 6) is -1.80. The van der Waals surface area contributed by atoms with E-state index in [1.54, 1.807) is 4.90 Å². The van der Waals surface area contributed by atoms with Crippen molar-refractivity contribution < 1.29 is 33.4 Å². The molecule has 0 radical (unpaired) electrons. The number of hydrogen-bond donors (Lipinski definition) is 3. The maximum atomic E-state index is 13.6. The van der Waals surface area contributed by atoms with Crippen LogP contribution in [0.2, 0.25) is 0 Å². The number of benzene rings is 1. The van der Waals surface area contributed by atoms with Gasteiger partial charge in [0.05, 0.1) is 32.5 Å². The molecule has 1 aliphatic heterocycles. The number of carbonyl (C=O) groups excluding carboxylic acids is 4. The Morgan fingerprint density at radius 2 is 1.69 bits per heavy atom. The van der Waals surface area contributed by atoms with Gasteiger partial charge < -0.3 is 35.1 Å². The molecule has 1 heterocycles. The highest BCUT2D eigenvalue weighted by molar-refractivity contribution is 6.38. The number of ketones is 1. The summed E-state index contributed by atoms with van der Waals surface area (Å²) in [6, 6.07) is 7.06. The Morgan fingerprint density at radius 3 is 2.38 bits per heavy atom. The molecule has 11 nitrogen and oxygen atoms in total. The number of urea groups is 1. The van der Waals surface area contributed by atoms with Crippen LogP contribution in [-0.2, 0) is 35.2 Å². The second-order valence-electron chi connectivity index (χ2n) is 11.3. The molecule has 1 saturated carbocycles. The van der Waals surface area contributed by atoms with Gasteiger partial charge in [-0.1, -0.05) is 62.4 Å². The number of nitrogens with zero attached hydrogens (tertiary/aromatic N) is 1. The summed E-state index contributed by atoms with van der Waals surface area (Å²) < 4.78 is 16.6. The van der Waals surface area contributed by atoms with Crippen molar-refractivity contribution in [1.82, 2.24) is 20.9 Å². The van der Waals surface area contributed by atoms with E-state index in [0.717, 1.165) is 31.2 Å². The van der Waals surface area contributed by atoms with Crippen molar-refractivity contribution in [2.45, 2.75) is 83.6 Å². The predicted molar refractivity (Wildman–Crippen MR) is 158 cm³/mol. The topological polar surface area (TPSA) is 135 Å². The average molecular weight is 589 g/mol. The minimum absolute atomic E-state index is 0.0778. The molecular weight excluding hydrogens is 540 g/mol. The molecule has 2 atom stereocenters. The van der Waals surface area contributed by atoms with Gasteiger partial charge in [-0.15, -0.1) is 0 Å². The summed E-state index contributed by atoms with van der Waals surface area (Å²) in [6.07, 6.45) is 6.42. The van der Waals surface area contributed by atoms with Crippen LogP contribution < -0.4 is 16.0 Å². The summed E-state index contributed by atoms with van der Waals surface area (Å²) in [7, 11) is 0. The smallest absolute Gasteiger partial charge is 0.318 e. The first kappa shape index (κ1) is 33.5. The molecule has 0 bridgehead atoms. The minimum Gasteiger partial charge on any atom is -0.379 e. The van der Waals surface area contributed by atoms with Gasteiger partial charge in [-0.2, -0.15) is 0 Å². The highest BCUT2D eigenvalue weighted by Crippen LogP contribution is 2.27. The van der Waals surface area contributed by atoms with Crippen LogP contribution in [0.1, 0.15) is 64.4 Å². The second kappa shape index (κ2) is 18.5. The molecule has 1 saturated heterocycles. The van der Waals surface area contributed by atoms with Gasteiger partial charge in [-0.3, -0.25) is 14.4 Å². The lowest BCUT2D eigenvalue weighted by Crippen LogP contribution is -2.58. The standard InChI is InChI=1S/C31H48N4O7/c1-23(2)42-17-9-14-32-30(38)28(36)27(22-41-21-25-12-7-4-8-13-25)33-29(37)26(20-24-10-5-3-6-11-24)34-31(39)35-15-18-40-19-16-35/h4,7-8,12-13,23-24,26-27H,3,5-6,9-11,14-22H2,1-2H3,(H,32,38)(H,33,37)(H,34,39)/t26-,27-/m0/s1. The Balaban J connectivity index is 1.66. The van der Waals surface area contributed by atoms with E-state index in [2.05, 4.69) is 16.0 Å².